The largest absolute Gasteiger partial charge is 0.484 e. The van der Waals surface area contributed by atoms with Crippen molar-refractivity contribution in [1.82, 2.24) is 5.32 Å². The molecule has 0 amide bonds. The van der Waals surface area contributed by atoms with Crippen LogP contribution in [0.3, 0.4) is 0 Å². The van der Waals surface area contributed by atoms with Gasteiger partial charge in [0.1, 0.15) is 17.7 Å². The Kier molecular flexibility index (Phi) is 4.71. The van der Waals surface area contributed by atoms with Crippen LogP contribution in [0, 0.1) is 5.82 Å². The third kappa shape index (κ3) is 3.13. The summed E-state index contributed by atoms with van der Waals surface area (Å²) in [6.07, 6.45) is 0.403. The summed E-state index contributed by atoms with van der Waals surface area (Å²) in [5.41, 5.74) is 0.603. The molecule has 0 aliphatic rings. The van der Waals surface area contributed by atoms with Crippen molar-refractivity contribution in [3.63, 3.8) is 0 Å². The molecule has 0 radical (unpaired) electrons. The van der Waals surface area contributed by atoms with Gasteiger partial charge in [0.15, 0.2) is 0 Å². The molecule has 0 saturated heterocycles. The number of halogens is 1. The van der Waals surface area contributed by atoms with Crippen LogP contribution in [0.25, 0.3) is 10.1 Å². The molecule has 114 valence electrons. The first-order chi connectivity index (χ1) is 10.8. The second kappa shape index (κ2) is 6.90. The third-order valence-electron chi connectivity index (χ3n) is 3.62. The summed E-state index contributed by atoms with van der Waals surface area (Å²) >= 11 is 1.64. The second-order valence-corrected chi connectivity index (χ2v) is 6.03. The van der Waals surface area contributed by atoms with Crippen molar-refractivity contribution in [2.45, 2.75) is 12.5 Å². The van der Waals surface area contributed by atoms with E-state index in [1.807, 2.05) is 30.6 Å². The highest BCUT2D eigenvalue weighted by atomic mass is 32.1. The molecule has 22 heavy (non-hydrogen) atoms. The fraction of sp³-hybridized carbons (Fsp3) is 0.222. The average molecular weight is 315 g/mol. The van der Waals surface area contributed by atoms with Gasteiger partial charge in [-0.15, -0.1) is 11.3 Å². The van der Waals surface area contributed by atoms with E-state index in [0.29, 0.717) is 12.0 Å². The molecule has 3 rings (SSSR count). The number of hydrogen-bond acceptors (Lipinski definition) is 3. The predicted molar refractivity (Wildman–Crippen MR) is 90.1 cm³/mol. The van der Waals surface area contributed by atoms with Crippen molar-refractivity contribution in [1.29, 1.82) is 0 Å². The van der Waals surface area contributed by atoms with Gasteiger partial charge in [0.2, 0.25) is 0 Å². The monoisotopic (exact) mass is 315 g/mol. The number of nitrogens with one attached hydrogen (secondary N) is 1. The summed E-state index contributed by atoms with van der Waals surface area (Å²) < 4.78 is 21.4. The van der Waals surface area contributed by atoms with Gasteiger partial charge in [-0.25, -0.2) is 4.39 Å². The van der Waals surface area contributed by atoms with Crippen LogP contribution >= 0.6 is 11.3 Å². The zero-order valence-electron chi connectivity index (χ0n) is 12.4. The van der Waals surface area contributed by atoms with E-state index >= 15 is 0 Å². The fourth-order valence-electron chi connectivity index (χ4n) is 2.50. The lowest BCUT2D eigenvalue weighted by molar-refractivity contribution is 0.193. The van der Waals surface area contributed by atoms with Crippen LogP contribution in [0.2, 0.25) is 0 Å². The van der Waals surface area contributed by atoms with Gasteiger partial charge in [0.25, 0.3) is 0 Å². The molecule has 1 aromatic heterocycles. The van der Waals surface area contributed by atoms with Crippen LogP contribution in [0.5, 0.6) is 5.75 Å². The summed E-state index contributed by atoms with van der Waals surface area (Å²) in [5, 5.41) is 6.31. The molecule has 3 aromatic rings. The average Bonchev–Trinajstić information content (AvgIpc) is 3.01. The SMILES string of the molecule is CNCC[C@@H](Oc1cccc2ccsc12)c1ccccc1F. The molecule has 1 heterocycles. The first-order valence-electron chi connectivity index (χ1n) is 7.31. The molecule has 0 aliphatic carbocycles. The molecular formula is C18H18FNOS. The van der Waals surface area contributed by atoms with Crippen LogP contribution in [0.1, 0.15) is 18.1 Å². The molecular weight excluding hydrogens is 297 g/mol. The quantitative estimate of drug-likeness (QED) is 0.707. The van der Waals surface area contributed by atoms with Crippen LogP contribution in [0.4, 0.5) is 4.39 Å². The van der Waals surface area contributed by atoms with E-state index in [0.717, 1.165) is 22.4 Å². The Morgan fingerprint density at radius 1 is 1.14 bits per heavy atom. The van der Waals surface area contributed by atoms with Crippen molar-refractivity contribution >= 4 is 21.4 Å². The van der Waals surface area contributed by atoms with Crippen LogP contribution in [0.15, 0.2) is 53.9 Å². The van der Waals surface area contributed by atoms with Crippen molar-refractivity contribution in [2.75, 3.05) is 13.6 Å². The minimum atomic E-state index is -0.304. The maximum Gasteiger partial charge on any atom is 0.138 e. The minimum Gasteiger partial charge on any atom is -0.484 e. The lowest BCUT2D eigenvalue weighted by atomic mass is 10.1. The number of hydrogen-bond donors (Lipinski definition) is 1. The summed E-state index contributed by atoms with van der Waals surface area (Å²) in [7, 11) is 1.89. The summed E-state index contributed by atoms with van der Waals surface area (Å²) in [4.78, 5) is 0. The van der Waals surface area contributed by atoms with E-state index in [2.05, 4.69) is 17.4 Å². The molecule has 1 N–H and O–H groups in total. The Morgan fingerprint density at radius 3 is 2.82 bits per heavy atom. The molecule has 0 spiro atoms. The smallest absolute Gasteiger partial charge is 0.138 e. The zero-order valence-corrected chi connectivity index (χ0v) is 13.2. The van der Waals surface area contributed by atoms with E-state index in [1.165, 1.54) is 6.07 Å². The van der Waals surface area contributed by atoms with E-state index in [4.69, 9.17) is 4.74 Å². The molecule has 0 unspecified atom stereocenters. The number of thiophene rings is 1. The van der Waals surface area contributed by atoms with E-state index < -0.39 is 0 Å². The van der Waals surface area contributed by atoms with E-state index in [1.54, 1.807) is 23.5 Å². The number of benzene rings is 2. The van der Waals surface area contributed by atoms with Gasteiger partial charge in [-0.3, -0.25) is 0 Å². The molecule has 0 saturated carbocycles. The normalized spacial score (nSPS) is 12.5. The van der Waals surface area contributed by atoms with Crippen molar-refractivity contribution in [3.05, 3.63) is 65.3 Å². The van der Waals surface area contributed by atoms with Gasteiger partial charge in [-0.05, 0) is 42.6 Å². The van der Waals surface area contributed by atoms with E-state index in [9.17, 15) is 4.39 Å². The van der Waals surface area contributed by atoms with Gasteiger partial charge < -0.3 is 10.1 Å². The van der Waals surface area contributed by atoms with Gasteiger partial charge in [-0.1, -0.05) is 30.3 Å². The Morgan fingerprint density at radius 2 is 2.00 bits per heavy atom. The predicted octanol–water partition coefficient (Wildman–Crippen LogP) is 4.77. The Bertz CT molecular complexity index is 755. The molecule has 2 nitrogen and oxygen atoms in total. The molecule has 4 heteroatoms. The highest BCUT2D eigenvalue weighted by Crippen LogP contribution is 2.34. The Hall–Kier alpha value is -1.91. The molecule has 1 atom stereocenters. The van der Waals surface area contributed by atoms with Crippen molar-refractivity contribution in [2.24, 2.45) is 0 Å². The number of rotatable bonds is 6. The third-order valence-corrected chi connectivity index (χ3v) is 4.57. The highest BCUT2D eigenvalue weighted by Gasteiger charge is 2.18. The number of ether oxygens (including phenoxy) is 1. The summed E-state index contributed by atoms with van der Waals surface area (Å²) in [6.45, 7) is 0.763. The van der Waals surface area contributed by atoms with Crippen molar-refractivity contribution < 1.29 is 9.13 Å². The van der Waals surface area contributed by atoms with Crippen LogP contribution < -0.4 is 10.1 Å². The molecule has 2 aromatic carbocycles. The summed E-state index contributed by atoms with van der Waals surface area (Å²) in [5.74, 6) is 0.596. The van der Waals surface area contributed by atoms with Gasteiger partial charge >= 0.3 is 0 Å². The van der Waals surface area contributed by atoms with Crippen LogP contribution in [-0.4, -0.2) is 13.6 Å². The lowest BCUT2D eigenvalue weighted by Gasteiger charge is -2.20. The Labute approximate surface area is 133 Å². The lowest BCUT2D eigenvalue weighted by Crippen LogP contribution is -2.17. The molecule has 0 fully saturated rings. The van der Waals surface area contributed by atoms with Gasteiger partial charge in [-0.2, -0.15) is 0 Å². The van der Waals surface area contributed by atoms with Gasteiger partial charge in [0.05, 0.1) is 4.70 Å². The highest BCUT2D eigenvalue weighted by molar-refractivity contribution is 7.17. The van der Waals surface area contributed by atoms with E-state index in [-0.39, 0.29) is 11.9 Å². The maximum atomic E-state index is 14.1. The maximum absolute atomic E-state index is 14.1. The standard InChI is InChI=1S/C18H18FNOS/c1-20-11-9-16(14-6-2-3-7-15(14)19)21-17-8-4-5-13-10-12-22-18(13)17/h2-8,10,12,16,20H,9,11H2,1H3/t16-/m1/s1. The topological polar surface area (TPSA) is 21.3 Å². The number of fused-ring (bicyclic) bond motifs is 1. The second-order valence-electron chi connectivity index (χ2n) is 5.12. The fourth-order valence-corrected chi connectivity index (χ4v) is 3.36. The van der Waals surface area contributed by atoms with Crippen LogP contribution in [-0.2, 0) is 0 Å². The first kappa shape index (κ1) is 15.0. The summed E-state index contributed by atoms with van der Waals surface area (Å²) in [6, 6.07) is 14.9. The minimum absolute atomic E-state index is 0.220. The zero-order chi connectivity index (χ0) is 15.4. The molecule has 0 bridgehead atoms. The molecule has 0 aliphatic heterocycles. The van der Waals surface area contributed by atoms with Crippen molar-refractivity contribution in [3.8, 4) is 5.75 Å². The van der Waals surface area contributed by atoms with Gasteiger partial charge in [0, 0.05) is 12.0 Å². The first-order valence-corrected chi connectivity index (χ1v) is 8.19. The Balaban J connectivity index is 1.93.